The molecule has 0 amide bonds. The Bertz CT molecular complexity index is 522. The summed E-state index contributed by atoms with van der Waals surface area (Å²) in [7, 11) is 1.51. The zero-order chi connectivity index (χ0) is 12.4. The van der Waals surface area contributed by atoms with Gasteiger partial charge in [-0.05, 0) is 19.1 Å². The van der Waals surface area contributed by atoms with Crippen LogP contribution in [-0.2, 0) is 0 Å². The van der Waals surface area contributed by atoms with Gasteiger partial charge >= 0.3 is 0 Å². The third-order valence-corrected chi connectivity index (χ3v) is 3.55. The fourth-order valence-corrected chi connectivity index (χ4v) is 2.23. The van der Waals surface area contributed by atoms with E-state index in [0.29, 0.717) is 11.3 Å². The topological polar surface area (TPSA) is 22.4 Å². The van der Waals surface area contributed by atoms with E-state index in [1.807, 2.05) is 13.0 Å². The predicted octanol–water partition coefficient (Wildman–Crippen LogP) is 4.22. The highest BCUT2D eigenvalue weighted by molar-refractivity contribution is 9.09. The highest BCUT2D eigenvalue weighted by atomic mass is 79.9. The molecule has 0 bridgehead atoms. The van der Waals surface area contributed by atoms with Crippen molar-refractivity contribution in [1.29, 1.82) is 0 Å². The van der Waals surface area contributed by atoms with Gasteiger partial charge < -0.3 is 9.15 Å². The molecule has 4 heteroatoms. The van der Waals surface area contributed by atoms with Gasteiger partial charge in [-0.15, -0.1) is 0 Å². The second-order valence-electron chi connectivity index (χ2n) is 3.74. The van der Waals surface area contributed by atoms with Gasteiger partial charge in [0.1, 0.15) is 17.3 Å². The summed E-state index contributed by atoms with van der Waals surface area (Å²) in [5, 5.41) is 0. The molecular formula is C13H12BrFO2. The van der Waals surface area contributed by atoms with Gasteiger partial charge in [0.2, 0.25) is 0 Å². The van der Waals surface area contributed by atoms with Crippen molar-refractivity contribution in [2.24, 2.45) is 0 Å². The third-order valence-electron chi connectivity index (χ3n) is 2.52. The molecule has 0 aliphatic carbocycles. The van der Waals surface area contributed by atoms with Crippen molar-refractivity contribution in [2.75, 3.05) is 7.11 Å². The molecule has 0 saturated carbocycles. The van der Waals surface area contributed by atoms with Crippen molar-refractivity contribution < 1.29 is 13.5 Å². The molecule has 2 aromatic rings. The number of ether oxygens (including phenoxy) is 1. The van der Waals surface area contributed by atoms with Crippen LogP contribution in [0.15, 0.2) is 34.9 Å². The molecule has 1 aromatic heterocycles. The Morgan fingerprint density at radius 1 is 1.35 bits per heavy atom. The van der Waals surface area contributed by atoms with Crippen LogP contribution in [0.3, 0.4) is 0 Å². The molecule has 0 aliphatic rings. The van der Waals surface area contributed by atoms with Gasteiger partial charge in [0.05, 0.1) is 18.2 Å². The minimum Gasteiger partial charge on any atom is -0.497 e. The number of hydrogen-bond donors (Lipinski definition) is 0. The van der Waals surface area contributed by atoms with Crippen LogP contribution in [0.1, 0.15) is 21.7 Å². The average Bonchev–Trinajstić information content (AvgIpc) is 2.75. The van der Waals surface area contributed by atoms with Crippen LogP contribution < -0.4 is 4.74 Å². The fourth-order valence-electron chi connectivity index (χ4n) is 1.62. The Hall–Kier alpha value is -1.29. The number of benzene rings is 1. The quantitative estimate of drug-likeness (QED) is 0.792. The van der Waals surface area contributed by atoms with Crippen LogP contribution in [0.25, 0.3) is 0 Å². The minimum absolute atomic E-state index is 0.217. The molecule has 2 nitrogen and oxygen atoms in total. The Labute approximate surface area is 108 Å². The van der Waals surface area contributed by atoms with E-state index in [4.69, 9.17) is 9.15 Å². The standard InChI is InChI=1S/C13H12BrFO2/c1-8-5-9(7-17-8)13(14)11-4-3-10(16-2)6-12(11)15/h3-7,13H,1-2H3. The molecule has 0 saturated heterocycles. The Morgan fingerprint density at radius 2 is 2.12 bits per heavy atom. The lowest BCUT2D eigenvalue weighted by molar-refractivity contribution is 0.411. The van der Waals surface area contributed by atoms with Crippen LogP contribution in [0.4, 0.5) is 4.39 Å². The van der Waals surface area contributed by atoms with E-state index in [9.17, 15) is 4.39 Å². The summed E-state index contributed by atoms with van der Waals surface area (Å²) in [6.45, 7) is 1.85. The zero-order valence-electron chi connectivity index (χ0n) is 9.54. The molecule has 1 unspecified atom stereocenters. The van der Waals surface area contributed by atoms with Crippen LogP contribution in [0.2, 0.25) is 0 Å². The highest BCUT2D eigenvalue weighted by Crippen LogP contribution is 2.34. The molecular weight excluding hydrogens is 287 g/mol. The van der Waals surface area contributed by atoms with Gasteiger partial charge in [0.25, 0.3) is 0 Å². The summed E-state index contributed by atoms with van der Waals surface area (Å²) >= 11 is 3.46. The maximum absolute atomic E-state index is 13.8. The van der Waals surface area contributed by atoms with Crippen molar-refractivity contribution in [1.82, 2.24) is 0 Å². The number of rotatable bonds is 3. The monoisotopic (exact) mass is 298 g/mol. The smallest absolute Gasteiger partial charge is 0.131 e. The normalized spacial score (nSPS) is 12.5. The lowest BCUT2D eigenvalue weighted by Gasteiger charge is -2.10. The van der Waals surface area contributed by atoms with Gasteiger partial charge in [0.15, 0.2) is 0 Å². The van der Waals surface area contributed by atoms with Crippen LogP contribution >= 0.6 is 15.9 Å². The van der Waals surface area contributed by atoms with Gasteiger partial charge in [-0.1, -0.05) is 22.0 Å². The van der Waals surface area contributed by atoms with Crippen molar-refractivity contribution in [2.45, 2.75) is 11.8 Å². The summed E-state index contributed by atoms with van der Waals surface area (Å²) in [4.78, 5) is -0.217. The molecule has 1 atom stereocenters. The summed E-state index contributed by atoms with van der Waals surface area (Å²) in [6, 6.07) is 6.69. The van der Waals surface area contributed by atoms with Crippen molar-refractivity contribution in [3.8, 4) is 5.75 Å². The van der Waals surface area contributed by atoms with Crippen molar-refractivity contribution in [3.05, 3.63) is 53.2 Å². The first-order valence-electron chi connectivity index (χ1n) is 5.14. The van der Waals surface area contributed by atoms with Crippen LogP contribution in [-0.4, -0.2) is 7.11 Å². The van der Waals surface area contributed by atoms with Gasteiger partial charge in [-0.2, -0.15) is 0 Å². The van der Waals surface area contributed by atoms with E-state index >= 15 is 0 Å². The second kappa shape index (κ2) is 4.92. The largest absolute Gasteiger partial charge is 0.497 e. The zero-order valence-corrected chi connectivity index (χ0v) is 11.1. The lowest BCUT2D eigenvalue weighted by atomic mass is 10.1. The molecule has 90 valence electrons. The predicted molar refractivity (Wildman–Crippen MR) is 67.2 cm³/mol. The van der Waals surface area contributed by atoms with E-state index in [2.05, 4.69) is 15.9 Å². The molecule has 2 rings (SSSR count). The average molecular weight is 299 g/mol. The molecule has 0 fully saturated rings. The van der Waals surface area contributed by atoms with E-state index < -0.39 is 0 Å². The van der Waals surface area contributed by atoms with E-state index in [1.54, 1.807) is 18.4 Å². The van der Waals surface area contributed by atoms with Crippen LogP contribution in [0.5, 0.6) is 5.75 Å². The lowest BCUT2D eigenvalue weighted by Crippen LogP contribution is -1.96. The van der Waals surface area contributed by atoms with E-state index in [0.717, 1.165) is 11.3 Å². The van der Waals surface area contributed by atoms with Crippen molar-refractivity contribution >= 4 is 15.9 Å². The second-order valence-corrected chi connectivity index (χ2v) is 4.66. The molecule has 1 heterocycles. The first-order chi connectivity index (χ1) is 8.11. The molecule has 0 aliphatic heterocycles. The highest BCUT2D eigenvalue weighted by Gasteiger charge is 2.17. The minimum atomic E-state index is -0.301. The number of furan rings is 1. The van der Waals surface area contributed by atoms with Gasteiger partial charge in [-0.3, -0.25) is 0 Å². The SMILES string of the molecule is COc1ccc(C(Br)c2coc(C)c2)c(F)c1. The Kier molecular flexibility index (Phi) is 3.52. The van der Waals surface area contributed by atoms with E-state index in [-0.39, 0.29) is 10.6 Å². The molecule has 0 radical (unpaired) electrons. The molecule has 17 heavy (non-hydrogen) atoms. The molecule has 1 aromatic carbocycles. The van der Waals surface area contributed by atoms with Gasteiger partial charge in [-0.25, -0.2) is 4.39 Å². The maximum Gasteiger partial charge on any atom is 0.131 e. The summed E-state index contributed by atoms with van der Waals surface area (Å²) < 4.78 is 24.0. The first-order valence-corrected chi connectivity index (χ1v) is 6.06. The first kappa shape index (κ1) is 12.2. The summed E-state index contributed by atoms with van der Waals surface area (Å²) in [6.07, 6.45) is 1.62. The Morgan fingerprint density at radius 3 is 2.65 bits per heavy atom. The number of halogens is 2. The van der Waals surface area contributed by atoms with Gasteiger partial charge in [0, 0.05) is 17.2 Å². The third kappa shape index (κ3) is 2.52. The Balaban J connectivity index is 2.34. The van der Waals surface area contributed by atoms with E-state index in [1.165, 1.54) is 13.2 Å². The number of aryl methyl sites for hydroxylation is 1. The van der Waals surface area contributed by atoms with Crippen LogP contribution in [0, 0.1) is 12.7 Å². The maximum atomic E-state index is 13.8. The summed E-state index contributed by atoms with van der Waals surface area (Å²) in [5.74, 6) is 1.01. The number of alkyl halides is 1. The molecule has 0 spiro atoms. The summed E-state index contributed by atoms with van der Waals surface area (Å²) in [5.41, 5.74) is 1.46. The fraction of sp³-hybridized carbons (Fsp3) is 0.231. The number of hydrogen-bond acceptors (Lipinski definition) is 2. The van der Waals surface area contributed by atoms with Crippen molar-refractivity contribution in [3.63, 3.8) is 0 Å². The number of methoxy groups -OCH3 is 1. The molecule has 0 N–H and O–H groups in total.